The summed E-state index contributed by atoms with van der Waals surface area (Å²) in [5.74, 6) is -0.0172. The molecule has 1 amide bonds. The molecule has 0 saturated heterocycles. The Morgan fingerprint density at radius 1 is 0.933 bits per heavy atom. The highest BCUT2D eigenvalue weighted by atomic mass is 32.2. The van der Waals surface area contributed by atoms with Gasteiger partial charge in [0.1, 0.15) is 5.65 Å². The van der Waals surface area contributed by atoms with E-state index in [-0.39, 0.29) is 11.2 Å². The number of nitrogens with one attached hydrogen (secondary N) is 1. The molecule has 5 nitrogen and oxygen atoms in total. The molecule has 1 N–H and O–H groups in total. The topological polar surface area (TPSA) is 59.3 Å². The zero-order valence-corrected chi connectivity index (χ0v) is 17.3. The third-order valence-corrected chi connectivity index (χ3v) is 6.13. The minimum atomic E-state index is -0.299. The average Bonchev–Trinajstić information content (AvgIpc) is 3.18. The number of amides is 1. The Morgan fingerprint density at radius 2 is 1.63 bits per heavy atom. The molecule has 30 heavy (non-hydrogen) atoms. The van der Waals surface area contributed by atoms with Crippen molar-refractivity contribution in [2.75, 3.05) is 0 Å². The Labute approximate surface area is 178 Å². The van der Waals surface area contributed by atoms with E-state index in [9.17, 15) is 4.79 Å². The first-order valence-electron chi connectivity index (χ1n) is 9.85. The van der Waals surface area contributed by atoms with E-state index in [4.69, 9.17) is 9.97 Å². The van der Waals surface area contributed by atoms with E-state index in [1.165, 1.54) is 11.8 Å². The molecule has 0 aliphatic rings. The lowest BCUT2D eigenvalue weighted by molar-refractivity contribution is -0.120. The summed E-state index contributed by atoms with van der Waals surface area (Å²) < 4.78 is 2.06. The monoisotopic (exact) mass is 412 g/mol. The smallest absolute Gasteiger partial charge is 0.233 e. The second kappa shape index (κ2) is 7.80. The number of benzene rings is 3. The molecule has 6 heteroatoms. The van der Waals surface area contributed by atoms with Crippen molar-refractivity contribution in [3.8, 4) is 0 Å². The van der Waals surface area contributed by atoms with Crippen molar-refractivity contribution in [2.45, 2.75) is 23.9 Å². The van der Waals surface area contributed by atoms with E-state index in [2.05, 4.69) is 9.72 Å². The summed E-state index contributed by atoms with van der Waals surface area (Å²) in [5, 5.41) is 4.49. The van der Waals surface area contributed by atoms with Gasteiger partial charge in [-0.25, -0.2) is 9.97 Å². The summed E-state index contributed by atoms with van der Waals surface area (Å²) in [4.78, 5) is 22.5. The molecule has 2 aromatic heterocycles. The van der Waals surface area contributed by atoms with Gasteiger partial charge in [-0.3, -0.25) is 9.20 Å². The molecule has 148 valence electrons. The van der Waals surface area contributed by atoms with Gasteiger partial charge < -0.3 is 5.32 Å². The van der Waals surface area contributed by atoms with Crippen LogP contribution in [0.1, 0.15) is 12.5 Å². The molecule has 0 unspecified atom stereocenters. The van der Waals surface area contributed by atoms with E-state index >= 15 is 0 Å². The maximum atomic E-state index is 12.7. The molecule has 0 spiro atoms. The molecule has 0 aliphatic carbocycles. The fraction of sp³-hybridized carbons (Fsp3) is 0.125. The van der Waals surface area contributed by atoms with E-state index in [0.717, 1.165) is 38.3 Å². The standard InChI is InChI=1S/C24H20N4OS/c1-16(23(29)25-15-17-9-3-2-4-10-17)30-24-27-19-12-6-5-11-18(19)22-26-20-13-7-8-14-21(20)28(22)24/h2-14,16H,15H2,1H3,(H,25,29)/t16-/m1/s1. The number of rotatable bonds is 5. The normalized spacial score (nSPS) is 12.4. The Bertz CT molecular complexity index is 1360. The summed E-state index contributed by atoms with van der Waals surface area (Å²) >= 11 is 1.45. The Kier molecular flexibility index (Phi) is 4.85. The summed E-state index contributed by atoms with van der Waals surface area (Å²) in [7, 11) is 0. The van der Waals surface area contributed by atoms with Crippen LogP contribution in [0.4, 0.5) is 0 Å². The van der Waals surface area contributed by atoms with Crippen molar-refractivity contribution in [1.29, 1.82) is 0 Å². The molecule has 5 rings (SSSR count). The molecule has 5 aromatic rings. The predicted molar refractivity (Wildman–Crippen MR) is 122 cm³/mol. The first kappa shape index (κ1) is 18.6. The third kappa shape index (κ3) is 3.39. The fourth-order valence-electron chi connectivity index (χ4n) is 3.53. The van der Waals surface area contributed by atoms with Crippen LogP contribution < -0.4 is 5.32 Å². The Hall–Kier alpha value is -3.38. The van der Waals surface area contributed by atoms with Gasteiger partial charge in [-0.2, -0.15) is 0 Å². The van der Waals surface area contributed by atoms with Crippen LogP contribution in [-0.4, -0.2) is 25.5 Å². The van der Waals surface area contributed by atoms with Gasteiger partial charge in [0.2, 0.25) is 5.91 Å². The number of imidazole rings is 1. The molecule has 0 bridgehead atoms. The largest absolute Gasteiger partial charge is 0.351 e. The lowest BCUT2D eigenvalue weighted by Gasteiger charge is -2.14. The number of carbonyl (C=O) groups excluding carboxylic acids is 1. The maximum Gasteiger partial charge on any atom is 0.233 e. The molecule has 0 radical (unpaired) electrons. The summed E-state index contributed by atoms with van der Waals surface area (Å²) in [6.45, 7) is 2.42. The van der Waals surface area contributed by atoms with E-state index < -0.39 is 0 Å². The van der Waals surface area contributed by atoms with Crippen LogP contribution >= 0.6 is 11.8 Å². The quantitative estimate of drug-likeness (QED) is 0.332. The van der Waals surface area contributed by atoms with Gasteiger partial charge in [-0.05, 0) is 36.8 Å². The molecule has 1 atom stereocenters. The fourth-order valence-corrected chi connectivity index (χ4v) is 4.48. The van der Waals surface area contributed by atoms with Crippen molar-refractivity contribution in [3.05, 3.63) is 84.4 Å². The first-order valence-corrected chi connectivity index (χ1v) is 10.7. The van der Waals surface area contributed by atoms with Crippen LogP contribution in [-0.2, 0) is 11.3 Å². The molecule has 0 aliphatic heterocycles. The number of nitrogens with zero attached hydrogens (tertiary/aromatic N) is 3. The highest BCUT2D eigenvalue weighted by Crippen LogP contribution is 2.30. The third-order valence-electron chi connectivity index (χ3n) is 5.07. The van der Waals surface area contributed by atoms with E-state index in [1.807, 2.05) is 85.8 Å². The van der Waals surface area contributed by atoms with E-state index in [1.54, 1.807) is 0 Å². The number of hydrogen-bond acceptors (Lipinski definition) is 4. The first-order chi connectivity index (χ1) is 14.7. The number of carbonyl (C=O) groups is 1. The summed E-state index contributed by atoms with van der Waals surface area (Å²) in [6, 6.07) is 25.9. The number of thioether (sulfide) groups is 1. The number of para-hydroxylation sites is 3. The minimum absolute atomic E-state index is 0.0172. The lowest BCUT2D eigenvalue weighted by atomic mass is 10.2. The van der Waals surface area contributed by atoms with Crippen LogP contribution in [0, 0.1) is 0 Å². The molecule has 0 saturated carbocycles. The van der Waals surface area contributed by atoms with Crippen molar-refractivity contribution in [2.24, 2.45) is 0 Å². The zero-order chi connectivity index (χ0) is 20.5. The molecular formula is C24H20N4OS. The van der Waals surface area contributed by atoms with E-state index in [0.29, 0.717) is 6.54 Å². The van der Waals surface area contributed by atoms with Crippen molar-refractivity contribution in [3.63, 3.8) is 0 Å². The predicted octanol–water partition coefficient (Wildman–Crippen LogP) is 4.83. The number of aromatic nitrogens is 3. The molecule has 3 aromatic carbocycles. The Balaban J connectivity index is 1.50. The second-order valence-corrected chi connectivity index (χ2v) is 8.44. The highest BCUT2D eigenvalue weighted by molar-refractivity contribution is 8.00. The molecule has 0 fully saturated rings. The maximum absolute atomic E-state index is 12.7. The summed E-state index contributed by atoms with van der Waals surface area (Å²) in [6.07, 6.45) is 0. The average molecular weight is 413 g/mol. The van der Waals surface area contributed by atoms with Gasteiger partial charge in [0, 0.05) is 11.9 Å². The van der Waals surface area contributed by atoms with Crippen LogP contribution in [0.2, 0.25) is 0 Å². The zero-order valence-electron chi connectivity index (χ0n) is 16.4. The Morgan fingerprint density at radius 3 is 2.47 bits per heavy atom. The van der Waals surface area contributed by atoms with Gasteiger partial charge in [0.05, 0.1) is 21.8 Å². The minimum Gasteiger partial charge on any atom is -0.351 e. The molecular weight excluding hydrogens is 392 g/mol. The van der Waals surface area contributed by atoms with Crippen LogP contribution in [0.5, 0.6) is 0 Å². The van der Waals surface area contributed by atoms with Gasteiger partial charge >= 0.3 is 0 Å². The number of fused-ring (bicyclic) bond motifs is 5. The van der Waals surface area contributed by atoms with Crippen LogP contribution in [0.3, 0.4) is 0 Å². The summed E-state index contributed by atoms with van der Waals surface area (Å²) in [5.41, 5.74) is 4.72. The van der Waals surface area contributed by atoms with Crippen LogP contribution in [0.25, 0.3) is 27.6 Å². The highest BCUT2D eigenvalue weighted by Gasteiger charge is 2.20. The van der Waals surface area contributed by atoms with Crippen molar-refractivity contribution in [1.82, 2.24) is 19.7 Å². The lowest BCUT2D eigenvalue weighted by Crippen LogP contribution is -2.30. The van der Waals surface area contributed by atoms with Crippen LogP contribution in [0.15, 0.2) is 84.0 Å². The number of hydrogen-bond donors (Lipinski definition) is 1. The van der Waals surface area contributed by atoms with Gasteiger partial charge in [0.25, 0.3) is 0 Å². The van der Waals surface area contributed by atoms with Crippen molar-refractivity contribution >= 4 is 45.3 Å². The van der Waals surface area contributed by atoms with Crippen molar-refractivity contribution < 1.29 is 4.79 Å². The second-order valence-electron chi connectivity index (χ2n) is 7.13. The molecule has 2 heterocycles. The van der Waals surface area contributed by atoms with Gasteiger partial charge in [-0.15, -0.1) is 0 Å². The SMILES string of the molecule is C[C@@H](Sc1nc2ccccc2c2nc3ccccc3n12)C(=O)NCc1ccccc1. The van der Waals surface area contributed by atoms with Gasteiger partial charge in [0.15, 0.2) is 5.16 Å². The van der Waals surface area contributed by atoms with Gasteiger partial charge in [-0.1, -0.05) is 66.4 Å².